The van der Waals surface area contributed by atoms with E-state index in [2.05, 4.69) is 20.4 Å². The van der Waals surface area contributed by atoms with Gasteiger partial charge in [-0.3, -0.25) is 15.0 Å². The molecular weight excluding hydrogens is 270 g/mol. The van der Waals surface area contributed by atoms with Gasteiger partial charge in [0.25, 0.3) is 0 Å². The summed E-state index contributed by atoms with van der Waals surface area (Å²) in [6.45, 7) is 5.88. The van der Waals surface area contributed by atoms with E-state index in [0.717, 1.165) is 25.8 Å². The van der Waals surface area contributed by atoms with Crippen molar-refractivity contribution in [3.05, 3.63) is 5.89 Å². The van der Waals surface area contributed by atoms with Gasteiger partial charge in [-0.1, -0.05) is 25.4 Å². The maximum atomic E-state index is 12.1. The minimum absolute atomic E-state index is 0.113. The number of anilines is 1. The molecule has 1 aromatic rings. The Morgan fingerprint density at radius 1 is 1.48 bits per heavy atom. The molecule has 1 unspecified atom stereocenters. The number of hydrogen-bond acceptors (Lipinski definition) is 6. The lowest BCUT2D eigenvalue weighted by Gasteiger charge is -2.34. The van der Waals surface area contributed by atoms with Gasteiger partial charge in [-0.15, -0.1) is 5.10 Å². The van der Waals surface area contributed by atoms with Crippen LogP contribution in [0.15, 0.2) is 4.42 Å². The standard InChI is InChI=1S/C14H25N5O2/c1-10(2)13-17-18-14(21-13)16-12(20)9-19-8-4-3-5-11(19)6-7-15/h10-11H,3-9,15H2,1-2H3,(H,16,18,20). The summed E-state index contributed by atoms with van der Waals surface area (Å²) in [4.78, 5) is 14.3. The predicted octanol–water partition coefficient (Wildman–Crippen LogP) is 1.33. The second-order valence-corrected chi connectivity index (χ2v) is 5.85. The lowest BCUT2D eigenvalue weighted by Crippen LogP contribution is -2.44. The summed E-state index contributed by atoms with van der Waals surface area (Å²) in [5.74, 6) is 0.571. The molecule has 1 saturated heterocycles. The molecule has 0 aliphatic carbocycles. The molecule has 21 heavy (non-hydrogen) atoms. The highest BCUT2D eigenvalue weighted by molar-refractivity contribution is 5.90. The Morgan fingerprint density at radius 3 is 2.95 bits per heavy atom. The first-order chi connectivity index (χ1) is 10.1. The number of aromatic nitrogens is 2. The van der Waals surface area contributed by atoms with Crippen LogP contribution < -0.4 is 11.1 Å². The molecule has 2 heterocycles. The maximum absolute atomic E-state index is 12.1. The van der Waals surface area contributed by atoms with Gasteiger partial charge in [0, 0.05) is 12.0 Å². The minimum atomic E-state index is -0.113. The molecule has 1 fully saturated rings. The third-order valence-corrected chi connectivity index (χ3v) is 3.78. The quantitative estimate of drug-likeness (QED) is 0.822. The van der Waals surface area contributed by atoms with Crippen LogP contribution in [0.5, 0.6) is 0 Å². The largest absolute Gasteiger partial charge is 0.408 e. The summed E-state index contributed by atoms with van der Waals surface area (Å²) >= 11 is 0. The van der Waals surface area contributed by atoms with Crippen molar-refractivity contribution in [1.82, 2.24) is 15.1 Å². The van der Waals surface area contributed by atoms with Crippen molar-refractivity contribution in [1.29, 1.82) is 0 Å². The van der Waals surface area contributed by atoms with Gasteiger partial charge in [0.2, 0.25) is 11.8 Å². The van der Waals surface area contributed by atoms with Crippen molar-refractivity contribution >= 4 is 11.9 Å². The molecule has 118 valence electrons. The number of carbonyl (C=O) groups is 1. The van der Waals surface area contributed by atoms with Crippen LogP contribution in [-0.4, -0.2) is 46.7 Å². The van der Waals surface area contributed by atoms with Gasteiger partial charge in [0.1, 0.15) is 0 Å². The molecule has 7 nitrogen and oxygen atoms in total. The van der Waals surface area contributed by atoms with Crippen LogP contribution in [0.3, 0.4) is 0 Å². The summed E-state index contributed by atoms with van der Waals surface area (Å²) in [7, 11) is 0. The molecule has 7 heteroatoms. The van der Waals surface area contributed by atoms with Crippen LogP contribution >= 0.6 is 0 Å². The third kappa shape index (κ3) is 4.50. The van der Waals surface area contributed by atoms with Crippen molar-refractivity contribution in [2.45, 2.75) is 51.5 Å². The maximum Gasteiger partial charge on any atom is 0.322 e. The molecule has 0 spiro atoms. The van der Waals surface area contributed by atoms with Crippen LogP contribution in [-0.2, 0) is 4.79 Å². The Labute approximate surface area is 125 Å². The van der Waals surface area contributed by atoms with Crippen molar-refractivity contribution < 1.29 is 9.21 Å². The molecule has 0 saturated carbocycles. The van der Waals surface area contributed by atoms with Crippen molar-refractivity contribution in [3.8, 4) is 0 Å². The SMILES string of the molecule is CC(C)c1nnc(NC(=O)CN2CCCCC2CCN)o1. The third-order valence-electron chi connectivity index (χ3n) is 3.78. The highest BCUT2D eigenvalue weighted by atomic mass is 16.4. The molecule has 0 radical (unpaired) electrons. The van der Waals surface area contributed by atoms with Gasteiger partial charge >= 0.3 is 6.01 Å². The van der Waals surface area contributed by atoms with Crippen molar-refractivity contribution in [2.75, 3.05) is 25.0 Å². The number of carbonyl (C=O) groups excluding carboxylic acids is 1. The first-order valence-electron chi connectivity index (χ1n) is 7.67. The Kier molecular flexibility index (Phi) is 5.69. The Bertz CT molecular complexity index is 458. The lowest BCUT2D eigenvalue weighted by molar-refractivity contribution is -0.118. The minimum Gasteiger partial charge on any atom is -0.408 e. The normalized spacial score (nSPS) is 19.9. The predicted molar refractivity (Wildman–Crippen MR) is 79.9 cm³/mol. The number of amides is 1. The Balaban J connectivity index is 1.87. The summed E-state index contributed by atoms with van der Waals surface area (Å²) in [6.07, 6.45) is 4.39. The zero-order valence-corrected chi connectivity index (χ0v) is 12.8. The average molecular weight is 295 g/mol. The Hall–Kier alpha value is -1.47. The summed E-state index contributed by atoms with van der Waals surface area (Å²) in [6, 6.07) is 0.583. The number of piperidine rings is 1. The molecule has 1 atom stereocenters. The summed E-state index contributed by atoms with van der Waals surface area (Å²) < 4.78 is 5.39. The summed E-state index contributed by atoms with van der Waals surface area (Å²) in [5, 5.41) is 10.4. The van der Waals surface area contributed by atoms with E-state index in [0.29, 0.717) is 25.0 Å². The molecule has 2 rings (SSSR count). The van der Waals surface area contributed by atoms with E-state index < -0.39 is 0 Å². The zero-order valence-electron chi connectivity index (χ0n) is 12.8. The number of nitrogens with zero attached hydrogens (tertiary/aromatic N) is 3. The number of rotatable bonds is 6. The van der Waals surface area contributed by atoms with Crippen molar-refractivity contribution in [3.63, 3.8) is 0 Å². The van der Waals surface area contributed by atoms with E-state index in [1.807, 2.05) is 13.8 Å². The van der Waals surface area contributed by atoms with Crippen LogP contribution in [0.25, 0.3) is 0 Å². The second-order valence-electron chi connectivity index (χ2n) is 5.85. The van der Waals surface area contributed by atoms with Crippen LogP contribution in [0.1, 0.15) is 51.3 Å². The molecule has 1 aromatic heterocycles. The van der Waals surface area contributed by atoms with Gasteiger partial charge in [-0.05, 0) is 32.4 Å². The van der Waals surface area contributed by atoms with Gasteiger partial charge < -0.3 is 10.2 Å². The van der Waals surface area contributed by atoms with Gasteiger partial charge in [-0.25, -0.2) is 0 Å². The molecule has 1 amide bonds. The van der Waals surface area contributed by atoms with Gasteiger partial charge in [0.15, 0.2) is 0 Å². The highest BCUT2D eigenvalue weighted by Gasteiger charge is 2.24. The second kappa shape index (κ2) is 7.51. The number of hydrogen-bond donors (Lipinski definition) is 2. The highest BCUT2D eigenvalue weighted by Crippen LogP contribution is 2.19. The van der Waals surface area contributed by atoms with E-state index >= 15 is 0 Å². The fourth-order valence-corrected chi connectivity index (χ4v) is 2.65. The van der Waals surface area contributed by atoms with Crippen LogP contribution in [0.4, 0.5) is 6.01 Å². The molecular formula is C14H25N5O2. The Morgan fingerprint density at radius 2 is 2.29 bits per heavy atom. The molecule has 0 aromatic carbocycles. The molecule has 0 bridgehead atoms. The van der Waals surface area contributed by atoms with E-state index in [1.54, 1.807) is 0 Å². The van der Waals surface area contributed by atoms with Gasteiger partial charge in [-0.2, -0.15) is 0 Å². The molecule has 3 N–H and O–H groups in total. The van der Waals surface area contributed by atoms with Crippen LogP contribution in [0.2, 0.25) is 0 Å². The smallest absolute Gasteiger partial charge is 0.322 e. The summed E-state index contributed by atoms with van der Waals surface area (Å²) in [5.41, 5.74) is 5.65. The van der Waals surface area contributed by atoms with Crippen molar-refractivity contribution in [2.24, 2.45) is 5.73 Å². The topological polar surface area (TPSA) is 97.3 Å². The number of nitrogens with one attached hydrogen (secondary N) is 1. The first-order valence-corrected chi connectivity index (χ1v) is 7.67. The number of likely N-dealkylation sites (tertiary alicyclic amines) is 1. The van der Waals surface area contributed by atoms with E-state index in [1.165, 1.54) is 6.42 Å². The number of nitrogens with two attached hydrogens (primary N) is 1. The lowest BCUT2D eigenvalue weighted by atomic mass is 9.99. The fourth-order valence-electron chi connectivity index (χ4n) is 2.65. The van der Waals surface area contributed by atoms with Gasteiger partial charge in [0.05, 0.1) is 6.54 Å². The zero-order chi connectivity index (χ0) is 15.2. The average Bonchev–Trinajstić information content (AvgIpc) is 2.90. The van der Waals surface area contributed by atoms with Crippen LogP contribution in [0, 0.1) is 0 Å². The fraction of sp³-hybridized carbons (Fsp3) is 0.786. The molecule has 1 aliphatic heterocycles. The van der Waals surface area contributed by atoms with E-state index in [4.69, 9.17) is 10.2 Å². The molecule has 1 aliphatic rings. The van der Waals surface area contributed by atoms with E-state index in [9.17, 15) is 4.79 Å². The monoisotopic (exact) mass is 295 g/mol. The van der Waals surface area contributed by atoms with E-state index in [-0.39, 0.29) is 17.8 Å². The first kappa shape index (κ1) is 15.9.